The lowest BCUT2D eigenvalue weighted by Gasteiger charge is -2.37. The van der Waals surface area contributed by atoms with Crippen molar-refractivity contribution in [1.29, 1.82) is 0 Å². The van der Waals surface area contributed by atoms with Crippen LogP contribution in [0.5, 0.6) is 0 Å². The molecule has 2 aromatic rings. The molecule has 3 heterocycles. The summed E-state index contributed by atoms with van der Waals surface area (Å²) in [6.45, 7) is 2.67. The van der Waals surface area contributed by atoms with Crippen LogP contribution < -0.4 is 5.73 Å². The molecule has 2 aliphatic rings. The highest BCUT2D eigenvalue weighted by Gasteiger charge is 2.36. The van der Waals surface area contributed by atoms with E-state index >= 15 is 0 Å². The van der Waals surface area contributed by atoms with Crippen LogP contribution in [0.15, 0.2) is 28.7 Å². The number of nitrogens with zero attached hydrogens (tertiary/aromatic N) is 1. The van der Waals surface area contributed by atoms with Gasteiger partial charge in [-0.15, -0.1) is 0 Å². The molecule has 1 aromatic heterocycles. The average Bonchev–Trinajstić information content (AvgIpc) is 3.12. The van der Waals surface area contributed by atoms with E-state index < -0.39 is 0 Å². The van der Waals surface area contributed by atoms with Gasteiger partial charge in [0.15, 0.2) is 11.4 Å². The number of hydrogen-bond acceptors (Lipinski definition) is 4. The third kappa shape index (κ3) is 2.25. The SMILES string of the molecule is NC(c1cc2cccc(F)c2o1)C1CN2CCCC2CO1. The van der Waals surface area contributed by atoms with Crippen LogP contribution in [0.25, 0.3) is 11.0 Å². The Hall–Kier alpha value is -1.43. The number of rotatable bonds is 2. The summed E-state index contributed by atoms with van der Waals surface area (Å²) in [5.74, 6) is 0.243. The van der Waals surface area contributed by atoms with Crippen molar-refractivity contribution in [2.24, 2.45) is 5.73 Å². The van der Waals surface area contributed by atoms with Gasteiger partial charge in [0.05, 0.1) is 18.8 Å². The molecule has 0 amide bonds. The highest BCUT2D eigenvalue weighted by molar-refractivity contribution is 5.78. The van der Waals surface area contributed by atoms with Crippen molar-refractivity contribution >= 4 is 11.0 Å². The largest absolute Gasteiger partial charge is 0.456 e. The lowest BCUT2D eigenvalue weighted by atomic mass is 10.1. The van der Waals surface area contributed by atoms with Crippen LogP contribution in [0.1, 0.15) is 24.6 Å². The number of ether oxygens (including phenoxy) is 1. The molecule has 0 aliphatic carbocycles. The third-order valence-corrected chi connectivity index (χ3v) is 4.66. The topological polar surface area (TPSA) is 51.6 Å². The Labute approximate surface area is 122 Å². The van der Waals surface area contributed by atoms with Crippen molar-refractivity contribution in [3.63, 3.8) is 0 Å². The Kier molecular flexibility index (Phi) is 3.21. The highest BCUT2D eigenvalue weighted by atomic mass is 19.1. The van der Waals surface area contributed by atoms with Crippen LogP contribution in [0.3, 0.4) is 0 Å². The first-order valence-electron chi connectivity index (χ1n) is 7.51. The minimum atomic E-state index is -0.363. The van der Waals surface area contributed by atoms with Gasteiger partial charge in [0.1, 0.15) is 5.76 Å². The van der Waals surface area contributed by atoms with Gasteiger partial charge in [0.2, 0.25) is 0 Å². The molecule has 4 rings (SSSR count). The molecular weight excluding hydrogens is 271 g/mol. The van der Waals surface area contributed by atoms with E-state index in [0.717, 1.165) is 25.1 Å². The van der Waals surface area contributed by atoms with Gasteiger partial charge in [-0.05, 0) is 31.5 Å². The Morgan fingerprint density at radius 2 is 2.29 bits per heavy atom. The summed E-state index contributed by atoms with van der Waals surface area (Å²) in [7, 11) is 0. The molecule has 112 valence electrons. The zero-order chi connectivity index (χ0) is 14.4. The third-order valence-electron chi connectivity index (χ3n) is 4.66. The van der Waals surface area contributed by atoms with E-state index in [1.807, 2.05) is 12.1 Å². The number of halogens is 1. The van der Waals surface area contributed by atoms with Crippen molar-refractivity contribution in [1.82, 2.24) is 4.90 Å². The molecule has 0 saturated carbocycles. The van der Waals surface area contributed by atoms with E-state index in [0.29, 0.717) is 11.8 Å². The Balaban J connectivity index is 1.58. The molecule has 5 heteroatoms. The summed E-state index contributed by atoms with van der Waals surface area (Å²) in [5, 5.41) is 0.746. The summed E-state index contributed by atoms with van der Waals surface area (Å²) in [6.07, 6.45) is 2.34. The van der Waals surface area contributed by atoms with E-state index in [-0.39, 0.29) is 23.5 Å². The number of fused-ring (bicyclic) bond motifs is 2. The summed E-state index contributed by atoms with van der Waals surface area (Å²) in [5.41, 5.74) is 6.57. The fraction of sp³-hybridized carbons (Fsp3) is 0.500. The van der Waals surface area contributed by atoms with Crippen LogP contribution in [-0.2, 0) is 4.74 Å². The second kappa shape index (κ2) is 5.09. The normalized spacial score (nSPS) is 27.9. The van der Waals surface area contributed by atoms with Gasteiger partial charge in [-0.25, -0.2) is 4.39 Å². The van der Waals surface area contributed by atoms with Crippen molar-refractivity contribution < 1.29 is 13.5 Å². The van der Waals surface area contributed by atoms with Gasteiger partial charge in [0, 0.05) is 18.0 Å². The van der Waals surface area contributed by atoms with E-state index in [1.165, 1.54) is 18.9 Å². The average molecular weight is 290 g/mol. The molecule has 0 bridgehead atoms. The zero-order valence-corrected chi connectivity index (χ0v) is 11.8. The minimum Gasteiger partial charge on any atom is -0.456 e. The molecule has 2 N–H and O–H groups in total. The molecule has 21 heavy (non-hydrogen) atoms. The number of morpholine rings is 1. The smallest absolute Gasteiger partial charge is 0.169 e. The second-order valence-electron chi connectivity index (χ2n) is 6.00. The first-order chi connectivity index (χ1) is 10.2. The molecule has 1 aromatic carbocycles. The molecule has 2 fully saturated rings. The van der Waals surface area contributed by atoms with Crippen molar-refractivity contribution in [3.8, 4) is 0 Å². The van der Waals surface area contributed by atoms with Gasteiger partial charge in [-0.2, -0.15) is 0 Å². The van der Waals surface area contributed by atoms with E-state index in [1.54, 1.807) is 6.07 Å². The molecular formula is C16H19FN2O2. The van der Waals surface area contributed by atoms with Crippen LogP contribution in [0.4, 0.5) is 4.39 Å². The van der Waals surface area contributed by atoms with Crippen LogP contribution >= 0.6 is 0 Å². The monoisotopic (exact) mass is 290 g/mol. The van der Waals surface area contributed by atoms with Gasteiger partial charge in [-0.3, -0.25) is 4.90 Å². The van der Waals surface area contributed by atoms with Crippen LogP contribution in [0, 0.1) is 5.82 Å². The first-order valence-corrected chi connectivity index (χ1v) is 7.51. The predicted octanol–water partition coefficient (Wildman–Crippen LogP) is 2.43. The molecule has 2 saturated heterocycles. The molecule has 0 radical (unpaired) electrons. The van der Waals surface area contributed by atoms with E-state index in [9.17, 15) is 4.39 Å². The zero-order valence-electron chi connectivity index (χ0n) is 11.8. The standard InChI is InChI=1S/C16H19FN2O2/c17-12-5-1-3-10-7-13(21-16(10)12)15(18)14-8-19-6-2-4-11(19)9-20-14/h1,3,5,7,11,14-15H,2,4,6,8-9,18H2. The summed E-state index contributed by atoms with van der Waals surface area (Å²) in [4.78, 5) is 2.44. The quantitative estimate of drug-likeness (QED) is 0.923. The number of para-hydroxylation sites is 1. The van der Waals surface area contributed by atoms with Gasteiger partial charge in [0.25, 0.3) is 0 Å². The number of benzene rings is 1. The number of nitrogens with two attached hydrogens (primary N) is 1. The molecule has 0 spiro atoms. The van der Waals surface area contributed by atoms with Crippen LogP contribution in [0.2, 0.25) is 0 Å². The lowest BCUT2D eigenvalue weighted by molar-refractivity contribution is -0.0620. The number of furan rings is 1. The summed E-state index contributed by atoms with van der Waals surface area (Å²) in [6, 6.07) is 6.90. The molecule has 2 aliphatic heterocycles. The lowest BCUT2D eigenvalue weighted by Crippen LogP contribution is -2.49. The first kappa shape index (κ1) is 13.2. The maximum atomic E-state index is 13.7. The summed E-state index contributed by atoms with van der Waals surface area (Å²) >= 11 is 0. The maximum absolute atomic E-state index is 13.7. The van der Waals surface area contributed by atoms with Crippen LogP contribution in [-0.4, -0.2) is 36.7 Å². The predicted molar refractivity (Wildman–Crippen MR) is 77.4 cm³/mol. The Morgan fingerprint density at radius 1 is 1.38 bits per heavy atom. The van der Waals surface area contributed by atoms with Crippen molar-refractivity contribution in [2.45, 2.75) is 31.0 Å². The van der Waals surface area contributed by atoms with E-state index in [4.69, 9.17) is 14.9 Å². The highest BCUT2D eigenvalue weighted by Crippen LogP contribution is 2.31. The maximum Gasteiger partial charge on any atom is 0.169 e. The fourth-order valence-corrected chi connectivity index (χ4v) is 3.45. The number of hydrogen-bond donors (Lipinski definition) is 1. The molecule has 3 atom stereocenters. The minimum absolute atomic E-state index is 0.0945. The van der Waals surface area contributed by atoms with Gasteiger partial charge >= 0.3 is 0 Å². The fourth-order valence-electron chi connectivity index (χ4n) is 3.45. The van der Waals surface area contributed by atoms with Crippen molar-refractivity contribution in [2.75, 3.05) is 19.7 Å². The Bertz CT molecular complexity index is 657. The second-order valence-corrected chi connectivity index (χ2v) is 6.00. The summed E-state index contributed by atoms with van der Waals surface area (Å²) < 4.78 is 25.2. The molecule has 4 nitrogen and oxygen atoms in total. The Morgan fingerprint density at radius 3 is 3.14 bits per heavy atom. The van der Waals surface area contributed by atoms with E-state index in [2.05, 4.69) is 4.90 Å². The van der Waals surface area contributed by atoms with Gasteiger partial charge < -0.3 is 14.9 Å². The van der Waals surface area contributed by atoms with Gasteiger partial charge in [-0.1, -0.05) is 12.1 Å². The molecule has 3 unspecified atom stereocenters. The van der Waals surface area contributed by atoms with Crippen molar-refractivity contribution in [3.05, 3.63) is 35.8 Å².